The van der Waals surface area contributed by atoms with Crippen molar-refractivity contribution in [1.29, 1.82) is 0 Å². The molecule has 0 atom stereocenters. The normalized spacial score (nSPS) is 10.5. The van der Waals surface area contributed by atoms with Crippen molar-refractivity contribution in [1.82, 2.24) is 9.78 Å². The predicted octanol–water partition coefficient (Wildman–Crippen LogP) is 4.32. The molecule has 1 heterocycles. The zero-order chi connectivity index (χ0) is 17.6. The quantitative estimate of drug-likeness (QED) is 0.730. The largest absolute Gasteiger partial charge is 0.455 e. The molecule has 25 heavy (non-hydrogen) atoms. The van der Waals surface area contributed by atoms with E-state index in [9.17, 15) is 4.79 Å². The lowest BCUT2D eigenvalue weighted by Gasteiger charge is -2.12. The van der Waals surface area contributed by atoms with Gasteiger partial charge >= 0.3 is 0 Å². The molecule has 0 bridgehead atoms. The molecule has 0 aliphatic heterocycles. The van der Waals surface area contributed by atoms with E-state index in [4.69, 9.17) is 4.74 Å². The molecular weight excluding hydrogens is 314 g/mol. The summed E-state index contributed by atoms with van der Waals surface area (Å²) in [5.74, 6) is 1.27. The Morgan fingerprint density at radius 1 is 1.08 bits per heavy atom. The van der Waals surface area contributed by atoms with Crippen molar-refractivity contribution in [3.63, 3.8) is 0 Å². The van der Waals surface area contributed by atoms with Crippen LogP contribution in [0.4, 0.5) is 5.69 Å². The summed E-state index contributed by atoms with van der Waals surface area (Å²) < 4.78 is 7.71. The highest BCUT2D eigenvalue weighted by Crippen LogP contribution is 2.29. The van der Waals surface area contributed by atoms with Crippen LogP contribution in [-0.4, -0.2) is 15.7 Å². The average Bonchev–Trinajstić information content (AvgIpc) is 2.93. The maximum Gasteiger partial charge on any atom is 0.226 e. The molecule has 3 rings (SSSR count). The van der Waals surface area contributed by atoms with E-state index in [-0.39, 0.29) is 5.91 Å². The van der Waals surface area contributed by atoms with Gasteiger partial charge in [0.1, 0.15) is 5.75 Å². The maximum absolute atomic E-state index is 12.3. The summed E-state index contributed by atoms with van der Waals surface area (Å²) in [6, 6.07) is 18.9. The van der Waals surface area contributed by atoms with Gasteiger partial charge in [0, 0.05) is 18.7 Å². The zero-order valence-corrected chi connectivity index (χ0v) is 14.4. The minimum Gasteiger partial charge on any atom is -0.455 e. The molecule has 0 saturated heterocycles. The summed E-state index contributed by atoms with van der Waals surface area (Å²) in [5.41, 5.74) is 2.67. The standard InChI is InChI=1S/C20H21N3O2/c1-15-14-16(2)23(22-15)13-12-20(24)21-18-10-6-7-11-19(18)25-17-8-4-3-5-9-17/h3-11,14H,12-13H2,1-2H3,(H,21,24). The minimum atomic E-state index is -0.0725. The second kappa shape index (κ2) is 7.66. The highest BCUT2D eigenvalue weighted by atomic mass is 16.5. The summed E-state index contributed by atoms with van der Waals surface area (Å²) in [7, 11) is 0. The van der Waals surface area contributed by atoms with Crippen LogP contribution in [0.3, 0.4) is 0 Å². The van der Waals surface area contributed by atoms with Crippen LogP contribution in [0.25, 0.3) is 0 Å². The summed E-state index contributed by atoms with van der Waals surface area (Å²) in [5, 5.41) is 7.30. The molecular formula is C20H21N3O2. The number of hydrogen-bond donors (Lipinski definition) is 1. The van der Waals surface area contributed by atoms with Gasteiger partial charge in [0.25, 0.3) is 0 Å². The Labute approximate surface area is 147 Å². The van der Waals surface area contributed by atoms with Gasteiger partial charge in [0.05, 0.1) is 11.4 Å². The van der Waals surface area contributed by atoms with Crippen LogP contribution in [0, 0.1) is 13.8 Å². The highest BCUT2D eigenvalue weighted by molar-refractivity contribution is 5.92. The van der Waals surface area contributed by atoms with E-state index >= 15 is 0 Å². The number of nitrogens with zero attached hydrogens (tertiary/aromatic N) is 2. The first-order valence-electron chi connectivity index (χ1n) is 8.24. The van der Waals surface area contributed by atoms with Gasteiger partial charge in [-0.3, -0.25) is 9.48 Å². The van der Waals surface area contributed by atoms with Gasteiger partial charge in [-0.05, 0) is 44.2 Å². The van der Waals surface area contributed by atoms with Crippen molar-refractivity contribution in [3.05, 3.63) is 72.1 Å². The Kier molecular flexibility index (Phi) is 5.14. The van der Waals surface area contributed by atoms with Crippen molar-refractivity contribution >= 4 is 11.6 Å². The Morgan fingerprint density at radius 2 is 1.80 bits per heavy atom. The number of aryl methyl sites for hydroxylation is 3. The summed E-state index contributed by atoms with van der Waals surface area (Å²) >= 11 is 0. The van der Waals surface area contributed by atoms with Crippen LogP contribution in [0.15, 0.2) is 60.7 Å². The molecule has 0 unspecified atom stereocenters. The molecule has 5 heteroatoms. The molecule has 2 aromatic carbocycles. The third kappa shape index (κ3) is 4.47. The maximum atomic E-state index is 12.3. The number of anilines is 1. The smallest absolute Gasteiger partial charge is 0.226 e. The number of ether oxygens (including phenoxy) is 1. The molecule has 1 N–H and O–H groups in total. The summed E-state index contributed by atoms with van der Waals surface area (Å²) in [4.78, 5) is 12.3. The van der Waals surface area contributed by atoms with Gasteiger partial charge in [-0.15, -0.1) is 0 Å². The predicted molar refractivity (Wildman–Crippen MR) is 97.9 cm³/mol. The zero-order valence-electron chi connectivity index (χ0n) is 14.4. The van der Waals surface area contributed by atoms with Crippen LogP contribution in [0.5, 0.6) is 11.5 Å². The van der Waals surface area contributed by atoms with Gasteiger partial charge in [-0.25, -0.2) is 0 Å². The Morgan fingerprint density at radius 3 is 2.52 bits per heavy atom. The fourth-order valence-corrected chi connectivity index (χ4v) is 2.60. The van der Waals surface area contributed by atoms with Crippen LogP contribution >= 0.6 is 0 Å². The lowest BCUT2D eigenvalue weighted by atomic mass is 10.2. The van der Waals surface area contributed by atoms with Crippen LogP contribution in [-0.2, 0) is 11.3 Å². The average molecular weight is 335 g/mol. The fourth-order valence-electron chi connectivity index (χ4n) is 2.60. The van der Waals surface area contributed by atoms with Crippen molar-refractivity contribution in [2.24, 2.45) is 0 Å². The number of hydrogen-bond acceptors (Lipinski definition) is 3. The first-order valence-corrected chi connectivity index (χ1v) is 8.24. The molecule has 0 fully saturated rings. The third-order valence-corrected chi connectivity index (χ3v) is 3.79. The molecule has 1 aromatic heterocycles. The molecule has 0 aliphatic carbocycles. The van der Waals surface area contributed by atoms with E-state index in [1.807, 2.05) is 79.2 Å². The Balaban J connectivity index is 1.64. The monoisotopic (exact) mass is 335 g/mol. The van der Waals surface area contributed by atoms with E-state index in [0.717, 1.165) is 17.1 Å². The Bertz CT molecular complexity index is 856. The topological polar surface area (TPSA) is 56.2 Å². The van der Waals surface area contributed by atoms with E-state index in [1.54, 1.807) is 0 Å². The molecule has 5 nitrogen and oxygen atoms in total. The SMILES string of the molecule is Cc1cc(C)n(CCC(=O)Nc2ccccc2Oc2ccccc2)n1. The summed E-state index contributed by atoms with van der Waals surface area (Å²) in [6.45, 7) is 4.48. The third-order valence-electron chi connectivity index (χ3n) is 3.79. The van der Waals surface area contributed by atoms with Crippen molar-refractivity contribution in [2.45, 2.75) is 26.8 Å². The molecule has 0 aliphatic rings. The summed E-state index contributed by atoms with van der Waals surface area (Å²) in [6.07, 6.45) is 0.349. The first-order chi connectivity index (χ1) is 12.1. The minimum absolute atomic E-state index is 0.0725. The molecule has 3 aromatic rings. The molecule has 0 spiro atoms. The number of carbonyl (C=O) groups excluding carboxylic acids is 1. The van der Waals surface area contributed by atoms with Crippen LogP contribution in [0.1, 0.15) is 17.8 Å². The number of benzene rings is 2. The number of nitrogens with one attached hydrogen (secondary N) is 1. The van der Waals surface area contributed by atoms with Gasteiger partial charge in [-0.1, -0.05) is 30.3 Å². The van der Waals surface area contributed by atoms with Crippen LogP contribution < -0.4 is 10.1 Å². The number of amides is 1. The molecule has 0 saturated carbocycles. The fraction of sp³-hybridized carbons (Fsp3) is 0.200. The number of para-hydroxylation sites is 3. The van der Waals surface area contributed by atoms with Gasteiger partial charge in [0.2, 0.25) is 5.91 Å². The second-order valence-electron chi connectivity index (χ2n) is 5.86. The van der Waals surface area contributed by atoms with E-state index in [0.29, 0.717) is 24.4 Å². The van der Waals surface area contributed by atoms with E-state index in [1.165, 1.54) is 0 Å². The highest BCUT2D eigenvalue weighted by Gasteiger charge is 2.10. The number of rotatable bonds is 6. The molecule has 0 radical (unpaired) electrons. The lowest BCUT2D eigenvalue weighted by Crippen LogP contribution is -2.16. The van der Waals surface area contributed by atoms with Gasteiger partial charge in [0.15, 0.2) is 5.75 Å². The first kappa shape index (κ1) is 16.8. The number of aromatic nitrogens is 2. The van der Waals surface area contributed by atoms with Gasteiger partial charge in [-0.2, -0.15) is 5.10 Å². The van der Waals surface area contributed by atoms with Crippen molar-refractivity contribution in [2.75, 3.05) is 5.32 Å². The Hall–Kier alpha value is -3.08. The van der Waals surface area contributed by atoms with Crippen molar-refractivity contribution in [3.8, 4) is 11.5 Å². The number of carbonyl (C=O) groups is 1. The van der Waals surface area contributed by atoms with E-state index in [2.05, 4.69) is 10.4 Å². The van der Waals surface area contributed by atoms with E-state index < -0.39 is 0 Å². The lowest BCUT2D eigenvalue weighted by molar-refractivity contribution is -0.116. The van der Waals surface area contributed by atoms with Crippen molar-refractivity contribution < 1.29 is 9.53 Å². The van der Waals surface area contributed by atoms with Gasteiger partial charge < -0.3 is 10.1 Å². The second-order valence-corrected chi connectivity index (χ2v) is 5.86. The molecule has 1 amide bonds. The van der Waals surface area contributed by atoms with Crippen LogP contribution in [0.2, 0.25) is 0 Å². The molecule has 128 valence electrons.